The zero-order valence-corrected chi connectivity index (χ0v) is 58.1. The fourth-order valence-corrected chi connectivity index (χ4v) is 13.4. The molecule has 532 valence electrons. The van der Waals surface area contributed by atoms with Crippen LogP contribution in [-0.2, 0) is 54.2 Å². The summed E-state index contributed by atoms with van der Waals surface area (Å²) in [6.45, 7) is 15.6. The van der Waals surface area contributed by atoms with E-state index in [9.17, 15) is 78.9 Å². The van der Waals surface area contributed by atoms with E-state index in [4.69, 9.17) is 19.3 Å². The number of amides is 6. The van der Waals surface area contributed by atoms with Gasteiger partial charge in [0.15, 0.2) is 12.8 Å². The highest BCUT2D eigenvalue weighted by Crippen LogP contribution is 2.39. The minimum absolute atomic E-state index is 0.00298. The summed E-state index contributed by atoms with van der Waals surface area (Å²) in [5, 5.41) is 91.5. The lowest BCUT2D eigenvalue weighted by molar-refractivity contribution is -0.160. The number of nitrogens with zero attached hydrogens (tertiary/aromatic N) is 3. The van der Waals surface area contributed by atoms with Gasteiger partial charge in [0.2, 0.25) is 23.6 Å². The number of carboxylic acid groups (broad SMARTS) is 1. The molecule has 0 bridgehead atoms. The Morgan fingerprint density at radius 1 is 0.851 bits per heavy atom. The number of phenolic OH excluding ortho intramolecular Hbond substituents is 1. The maximum absolute atomic E-state index is 15.0. The predicted molar refractivity (Wildman–Crippen MR) is 351 cm³/mol. The number of esters is 2. The number of phenols is 1. The standard InChI is InChI=1S/C62H101N9O20S3/c1-12-16-49(78)90-33-71(59(85)50(35(5)13-2)66-57(84)43-17-14-15-24-70(43)11)44(34(3)4)29-47(91-38(8)73)58-65-42(32-92-58)56(83)64-40(28-39-19-21-41(74)22-20-39)27-37(7)55(82)68-69-61(88)89-25-26-93-94-62(9,10)53(60(86)87)67-54(81)36(6)18-23-48(77)63-30-45(75)51(79)52(80)46(76)31-72/h19-22,32,34-37,40,43-48,50-53,63,72,74-77,79-80H,12-18,23-31,33H2,1-11H3,(H,64,83)(H,66,84)(H,67,81)(H,68,82)(H,69,88)(H,86,87)/t35?,36-,37-,40+,43+,44+,45-,46+,47+,48?,50-,51+,52+,53-/m0/s1. The first-order valence-corrected chi connectivity index (χ1v) is 34.9. The van der Waals surface area contributed by atoms with Crippen LogP contribution in [0.15, 0.2) is 29.6 Å². The molecule has 14 N–H and O–H groups in total. The summed E-state index contributed by atoms with van der Waals surface area (Å²) >= 11 is 1.04. The number of aliphatic hydroxyl groups is 6. The number of aliphatic carboxylic acids is 1. The number of aromatic nitrogens is 1. The first-order chi connectivity index (χ1) is 44.2. The second kappa shape index (κ2) is 41.2. The largest absolute Gasteiger partial charge is 0.508 e. The number of carboxylic acids is 1. The summed E-state index contributed by atoms with van der Waals surface area (Å²) in [6.07, 6.45) is -6.68. The Bertz CT molecular complexity index is 2730. The number of carbonyl (C=O) groups is 9. The minimum atomic E-state index is -1.85. The average Bonchev–Trinajstić information content (AvgIpc) is 1.58. The van der Waals surface area contributed by atoms with E-state index in [1.807, 2.05) is 46.6 Å². The van der Waals surface area contributed by atoms with E-state index in [1.165, 1.54) is 36.3 Å². The van der Waals surface area contributed by atoms with Crippen LogP contribution in [0.1, 0.15) is 161 Å². The summed E-state index contributed by atoms with van der Waals surface area (Å²) in [6, 6.07) is 1.91. The normalized spacial score (nSPS) is 17.8. The third-order valence-electron chi connectivity index (χ3n) is 16.2. The summed E-state index contributed by atoms with van der Waals surface area (Å²) < 4.78 is 15.7. The van der Waals surface area contributed by atoms with Gasteiger partial charge >= 0.3 is 24.0 Å². The molecular formula is C62H101N9O20S3. The maximum Gasteiger partial charge on any atom is 0.426 e. The van der Waals surface area contributed by atoms with Crippen molar-refractivity contribution in [1.29, 1.82) is 0 Å². The highest BCUT2D eigenvalue weighted by Gasteiger charge is 2.41. The van der Waals surface area contributed by atoms with Crippen molar-refractivity contribution >= 4 is 86.5 Å². The number of likely N-dealkylation sites (tertiary alicyclic amines) is 1. The van der Waals surface area contributed by atoms with E-state index < -0.39 is 151 Å². The van der Waals surface area contributed by atoms with E-state index in [2.05, 4.69) is 37.1 Å². The van der Waals surface area contributed by atoms with Crippen LogP contribution in [0.2, 0.25) is 0 Å². The number of hydrazine groups is 1. The number of carbonyl (C=O) groups excluding carboxylic acids is 8. The van der Waals surface area contributed by atoms with Gasteiger partial charge in [0, 0.05) is 61.4 Å². The highest BCUT2D eigenvalue weighted by molar-refractivity contribution is 8.77. The van der Waals surface area contributed by atoms with Crippen LogP contribution in [0, 0.1) is 23.7 Å². The molecule has 3 rings (SSSR count). The van der Waals surface area contributed by atoms with Crippen molar-refractivity contribution < 1.29 is 98.2 Å². The Hall–Kier alpha value is -5.94. The van der Waals surface area contributed by atoms with Crippen molar-refractivity contribution in [3.63, 3.8) is 0 Å². The molecule has 6 amide bonds. The molecule has 0 radical (unpaired) electrons. The van der Waals surface area contributed by atoms with Gasteiger partial charge in [-0.1, -0.05) is 95.0 Å². The third kappa shape index (κ3) is 27.7. The van der Waals surface area contributed by atoms with Gasteiger partial charge in [0.05, 0.1) is 23.5 Å². The third-order valence-corrected chi connectivity index (χ3v) is 20.3. The fraction of sp³-hybridized carbons (Fsp3) is 0.710. The zero-order valence-electron chi connectivity index (χ0n) is 55.6. The Morgan fingerprint density at radius 3 is 2.13 bits per heavy atom. The number of piperidine rings is 1. The van der Waals surface area contributed by atoms with Crippen molar-refractivity contribution in [3.8, 4) is 5.75 Å². The molecule has 1 aromatic heterocycles. The van der Waals surface area contributed by atoms with Crippen molar-refractivity contribution in [1.82, 2.24) is 46.9 Å². The monoisotopic (exact) mass is 1390 g/mol. The van der Waals surface area contributed by atoms with Crippen LogP contribution in [0.25, 0.3) is 0 Å². The van der Waals surface area contributed by atoms with Gasteiger partial charge in [-0.15, -0.1) is 11.3 Å². The molecule has 1 aromatic carbocycles. The minimum Gasteiger partial charge on any atom is -0.508 e. The number of nitrogens with one attached hydrogen (secondary N) is 6. The van der Waals surface area contributed by atoms with Crippen LogP contribution >= 0.6 is 32.9 Å². The molecule has 2 unspecified atom stereocenters. The number of hydrogen-bond donors (Lipinski definition) is 14. The van der Waals surface area contributed by atoms with Crippen LogP contribution in [0.4, 0.5) is 4.79 Å². The fourth-order valence-electron chi connectivity index (χ4n) is 10.2. The molecule has 1 fully saturated rings. The predicted octanol–water partition coefficient (Wildman–Crippen LogP) is 2.63. The Labute approximate surface area is 561 Å². The second-order valence-corrected chi connectivity index (χ2v) is 28.7. The number of aromatic hydroxyl groups is 1. The van der Waals surface area contributed by atoms with Gasteiger partial charge in [-0.05, 0) is 102 Å². The van der Waals surface area contributed by atoms with E-state index >= 15 is 0 Å². The molecule has 1 aliphatic heterocycles. The zero-order chi connectivity index (χ0) is 70.6. The molecule has 32 heteroatoms. The molecule has 29 nitrogen and oxygen atoms in total. The van der Waals surface area contributed by atoms with E-state index in [0.717, 1.165) is 52.3 Å². The molecule has 1 aliphatic rings. The van der Waals surface area contributed by atoms with Crippen molar-refractivity contribution in [2.45, 2.75) is 212 Å². The quantitative estimate of drug-likeness (QED) is 0.0114. The van der Waals surface area contributed by atoms with E-state index in [0.29, 0.717) is 24.8 Å². The Kier molecular flexibility index (Phi) is 36.1. The van der Waals surface area contributed by atoms with Crippen molar-refractivity contribution in [2.75, 3.05) is 45.8 Å². The smallest absolute Gasteiger partial charge is 0.426 e. The number of likely N-dealkylation sites (N-methyl/N-ethyl adjacent to an activating group) is 1. The van der Waals surface area contributed by atoms with E-state index in [1.54, 1.807) is 32.9 Å². The molecule has 14 atom stereocenters. The van der Waals surface area contributed by atoms with Crippen LogP contribution in [0.5, 0.6) is 5.75 Å². The van der Waals surface area contributed by atoms with Crippen molar-refractivity contribution in [3.05, 3.63) is 45.9 Å². The van der Waals surface area contributed by atoms with Gasteiger partial charge in [-0.25, -0.2) is 20.0 Å². The highest BCUT2D eigenvalue weighted by atomic mass is 33.1. The summed E-state index contributed by atoms with van der Waals surface area (Å²) in [5.41, 5.74) is 5.15. The van der Waals surface area contributed by atoms with Gasteiger partial charge < -0.3 is 75.9 Å². The molecule has 2 heterocycles. The van der Waals surface area contributed by atoms with Crippen LogP contribution < -0.4 is 32.1 Å². The summed E-state index contributed by atoms with van der Waals surface area (Å²) in [7, 11) is 4.13. The molecular weight excluding hydrogens is 1290 g/mol. The maximum atomic E-state index is 15.0. The lowest BCUT2D eigenvalue weighted by Crippen LogP contribution is -2.59. The average molecular weight is 1390 g/mol. The van der Waals surface area contributed by atoms with Crippen LogP contribution in [-0.4, -0.2) is 221 Å². The number of thiazole rings is 1. The van der Waals surface area contributed by atoms with Crippen molar-refractivity contribution in [2.24, 2.45) is 23.7 Å². The number of rotatable bonds is 41. The second-order valence-electron chi connectivity index (χ2n) is 24.7. The van der Waals surface area contributed by atoms with Gasteiger partial charge in [0.25, 0.3) is 5.91 Å². The number of hydrogen-bond acceptors (Lipinski definition) is 25. The lowest BCUT2D eigenvalue weighted by atomic mass is 9.92. The number of ether oxygens (including phenoxy) is 3. The summed E-state index contributed by atoms with van der Waals surface area (Å²) in [5.74, 6) is -7.36. The van der Waals surface area contributed by atoms with Gasteiger partial charge in [-0.2, -0.15) is 0 Å². The molecule has 1 saturated heterocycles. The van der Waals surface area contributed by atoms with E-state index in [-0.39, 0.29) is 85.1 Å². The van der Waals surface area contributed by atoms with Gasteiger partial charge in [0.1, 0.15) is 59.7 Å². The van der Waals surface area contributed by atoms with Gasteiger partial charge in [-0.3, -0.25) is 49.2 Å². The molecule has 0 aliphatic carbocycles. The lowest BCUT2D eigenvalue weighted by Gasteiger charge is -2.39. The summed E-state index contributed by atoms with van der Waals surface area (Å²) in [4.78, 5) is 128. The number of aliphatic hydroxyl groups excluding tert-OH is 6. The van der Waals surface area contributed by atoms with Crippen LogP contribution in [0.3, 0.4) is 0 Å². The molecule has 94 heavy (non-hydrogen) atoms. The molecule has 0 spiro atoms. The topological polar surface area (TPSA) is 435 Å². The Balaban J connectivity index is 1.67. The number of benzene rings is 1. The first kappa shape index (κ1) is 82.3. The molecule has 0 saturated carbocycles. The SMILES string of the molecule is CCCC(=O)OCN(C(=O)[C@@H](NC(=O)[C@H]1CCCCN1C)C(C)CC)[C@H](C[C@@H](OC(C)=O)c1nc(C(=O)N[C@@H](Cc2ccc(O)cc2)C[C@H](C)C(=O)NNC(=O)OCCSSC(C)(C)[C@@H](NC(=O)[C@@H](C)CCC(O)NC[C@H](O)[C@@H](O)[C@H](O)[C@H](O)CO)C(=O)O)cs1)C(C)C. The molecule has 2 aromatic rings. The Morgan fingerprint density at radius 2 is 1.52 bits per heavy atom. The first-order valence-electron chi connectivity index (χ1n) is 31.7.